The molecule has 3 rings (SSSR count). The van der Waals surface area contributed by atoms with Gasteiger partial charge in [-0.3, -0.25) is 4.68 Å². The van der Waals surface area contributed by atoms with Crippen LogP contribution in [0, 0.1) is 5.92 Å². The van der Waals surface area contributed by atoms with Crippen LogP contribution in [0.2, 0.25) is 0 Å². The van der Waals surface area contributed by atoms with Gasteiger partial charge >= 0.3 is 0 Å². The molecule has 0 N–H and O–H groups in total. The Kier molecular flexibility index (Phi) is 3.31. The molecule has 0 aliphatic heterocycles. The fourth-order valence-corrected chi connectivity index (χ4v) is 2.77. The number of benzene rings is 2. The maximum atomic E-state index is 4.37. The second kappa shape index (κ2) is 5.12. The smallest absolute Gasteiger partial charge is 0.0685 e. The van der Waals surface area contributed by atoms with E-state index >= 15 is 0 Å². The van der Waals surface area contributed by atoms with Crippen LogP contribution in [0.1, 0.15) is 19.4 Å². The first kappa shape index (κ1) is 12.9. The molecule has 102 valence electrons. The number of fused-ring (bicyclic) bond motifs is 1. The van der Waals surface area contributed by atoms with Crippen molar-refractivity contribution in [2.45, 2.75) is 20.3 Å². The fraction of sp³-hybridized carbons (Fsp3) is 0.278. The van der Waals surface area contributed by atoms with Crippen LogP contribution >= 0.6 is 0 Å². The zero-order valence-electron chi connectivity index (χ0n) is 12.3. The van der Waals surface area contributed by atoms with Crippen LogP contribution in [-0.2, 0) is 13.5 Å². The summed E-state index contributed by atoms with van der Waals surface area (Å²) in [5.74, 6) is 0.680. The van der Waals surface area contributed by atoms with Gasteiger partial charge in [-0.2, -0.15) is 5.10 Å². The van der Waals surface area contributed by atoms with E-state index in [-0.39, 0.29) is 0 Å². The molecule has 2 heteroatoms. The molecular formula is C18H20N2. The lowest BCUT2D eigenvalue weighted by molar-refractivity contribution is 0.647. The Hall–Kier alpha value is -2.09. The molecule has 0 atom stereocenters. The van der Waals surface area contributed by atoms with Crippen LogP contribution in [0.3, 0.4) is 0 Å². The molecule has 2 aromatic carbocycles. The highest BCUT2D eigenvalue weighted by atomic mass is 15.2. The predicted molar refractivity (Wildman–Crippen MR) is 84.7 cm³/mol. The summed E-state index contributed by atoms with van der Waals surface area (Å²) in [5, 5.41) is 5.59. The third-order valence-electron chi connectivity index (χ3n) is 3.67. The van der Waals surface area contributed by atoms with Crippen molar-refractivity contribution in [2.75, 3.05) is 0 Å². The Morgan fingerprint density at radius 2 is 1.90 bits per heavy atom. The molecule has 3 aromatic rings. The quantitative estimate of drug-likeness (QED) is 0.684. The van der Waals surface area contributed by atoms with Gasteiger partial charge in [0.25, 0.3) is 0 Å². The van der Waals surface area contributed by atoms with Crippen LogP contribution in [-0.4, -0.2) is 9.78 Å². The highest BCUT2D eigenvalue weighted by Gasteiger charge is 2.07. The van der Waals surface area contributed by atoms with Crippen molar-refractivity contribution in [1.29, 1.82) is 0 Å². The number of hydrogen-bond acceptors (Lipinski definition) is 1. The first-order valence-corrected chi connectivity index (χ1v) is 7.15. The highest BCUT2D eigenvalue weighted by molar-refractivity contribution is 5.94. The molecule has 0 saturated carbocycles. The van der Waals surface area contributed by atoms with E-state index in [1.54, 1.807) is 0 Å². The van der Waals surface area contributed by atoms with E-state index in [0.29, 0.717) is 5.92 Å². The molecule has 0 radical (unpaired) electrons. The predicted octanol–water partition coefficient (Wildman–Crippen LogP) is 4.44. The van der Waals surface area contributed by atoms with Gasteiger partial charge in [-0.25, -0.2) is 0 Å². The van der Waals surface area contributed by atoms with E-state index in [4.69, 9.17) is 0 Å². The third-order valence-corrected chi connectivity index (χ3v) is 3.67. The van der Waals surface area contributed by atoms with Crippen molar-refractivity contribution < 1.29 is 0 Å². The summed E-state index contributed by atoms with van der Waals surface area (Å²) >= 11 is 0. The van der Waals surface area contributed by atoms with E-state index in [1.807, 2.05) is 17.9 Å². The van der Waals surface area contributed by atoms with Crippen LogP contribution in [0.4, 0.5) is 0 Å². The van der Waals surface area contributed by atoms with E-state index in [9.17, 15) is 0 Å². The molecule has 2 nitrogen and oxygen atoms in total. The van der Waals surface area contributed by atoms with Crippen molar-refractivity contribution >= 4 is 10.9 Å². The number of hydrogen-bond donors (Lipinski definition) is 0. The fourth-order valence-electron chi connectivity index (χ4n) is 2.77. The van der Waals surface area contributed by atoms with Crippen molar-refractivity contribution in [2.24, 2.45) is 13.0 Å². The lowest BCUT2D eigenvalue weighted by Crippen LogP contribution is -1.94. The number of aromatic nitrogens is 2. The van der Waals surface area contributed by atoms with Crippen molar-refractivity contribution in [3.8, 4) is 11.1 Å². The van der Waals surface area contributed by atoms with Gasteiger partial charge in [0, 0.05) is 12.4 Å². The van der Waals surface area contributed by atoms with Crippen molar-refractivity contribution in [1.82, 2.24) is 9.78 Å². The van der Waals surface area contributed by atoms with E-state index in [2.05, 4.69) is 61.4 Å². The maximum absolute atomic E-state index is 4.37. The number of rotatable bonds is 3. The molecule has 1 heterocycles. The van der Waals surface area contributed by atoms with Gasteiger partial charge in [-0.15, -0.1) is 0 Å². The average molecular weight is 264 g/mol. The number of nitrogens with zero attached hydrogens (tertiary/aromatic N) is 2. The Morgan fingerprint density at radius 3 is 2.70 bits per heavy atom. The molecular weight excluding hydrogens is 244 g/mol. The lowest BCUT2D eigenvalue weighted by Gasteiger charge is -2.09. The highest BCUT2D eigenvalue weighted by Crippen LogP contribution is 2.29. The normalized spacial score (nSPS) is 11.4. The van der Waals surface area contributed by atoms with Crippen LogP contribution < -0.4 is 0 Å². The van der Waals surface area contributed by atoms with Crippen LogP contribution in [0.25, 0.3) is 22.0 Å². The Morgan fingerprint density at radius 1 is 1.10 bits per heavy atom. The molecule has 1 aromatic heterocycles. The summed E-state index contributed by atoms with van der Waals surface area (Å²) in [6.45, 7) is 4.52. The summed E-state index contributed by atoms with van der Waals surface area (Å²) in [6.07, 6.45) is 3.08. The molecule has 0 aliphatic carbocycles. The van der Waals surface area contributed by atoms with Gasteiger partial charge in [0.05, 0.1) is 11.7 Å². The SMILES string of the molecule is CC(C)Cc1cccc(-c2cccc3c2cnn3C)c1. The summed E-state index contributed by atoms with van der Waals surface area (Å²) < 4.78 is 1.93. The summed E-state index contributed by atoms with van der Waals surface area (Å²) in [4.78, 5) is 0. The zero-order chi connectivity index (χ0) is 14.1. The molecule has 0 aliphatic rings. The van der Waals surface area contributed by atoms with Gasteiger partial charge in [0.2, 0.25) is 0 Å². The van der Waals surface area contributed by atoms with Crippen molar-refractivity contribution in [3.63, 3.8) is 0 Å². The molecule has 0 amide bonds. The van der Waals surface area contributed by atoms with Crippen molar-refractivity contribution in [3.05, 3.63) is 54.2 Å². The molecule has 0 unspecified atom stereocenters. The second-order valence-corrected chi connectivity index (χ2v) is 5.80. The monoisotopic (exact) mass is 264 g/mol. The van der Waals surface area contributed by atoms with Crippen LogP contribution in [0.5, 0.6) is 0 Å². The standard InChI is InChI=1S/C18H20N2/c1-13(2)10-14-6-4-7-15(11-14)16-8-5-9-18-17(16)12-19-20(18)3/h4-9,11-13H,10H2,1-3H3. The van der Waals surface area contributed by atoms with Gasteiger partial charge < -0.3 is 0 Å². The molecule has 20 heavy (non-hydrogen) atoms. The Bertz CT molecular complexity index is 738. The minimum atomic E-state index is 0.680. The summed E-state index contributed by atoms with van der Waals surface area (Å²) in [7, 11) is 1.99. The van der Waals surface area contributed by atoms with Gasteiger partial charge in [-0.05, 0) is 35.1 Å². The largest absolute Gasteiger partial charge is 0.268 e. The maximum Gasteiger partial charge on any atom is 0.0685 e. The number of aryl methyl sites for hydroxylation is 1. The van der Waals surface area contributed by atoms with Gasteiger partial charge in [-0.1, -0.05) is 50.2 Å². The minimum absolute atomic E-state index is 0.680. The van der Waals surface area contributed by atoms with Gasteiger partial charge in [0.1, 0.15) is 0 Å². The van der Waals surface area contributed by atoms with Crippen LogP contribution in [0.15, 0.2) is 48.7 Å². The Balaban J connectivity index is 2.11. The topological polar surface area (TPSA) is 17.8 Å². The van der Waals surface area contributed by atoms with E-state index in [0.717, 1.165) is 6.42 Å². The molecule has 0 bridgehead atoms. The second-order valence-electron chi connectivity index (χ2n) is 5.80. The minimum Gasteiger partial charge on any atom is -0.268 e. The summed E-state index contributed by atoms with van der Waals surface area (Å²) in [5.41, 5.74) is 5.12. The molecule has 0 fully saturated rings. The van der Waals surface area contributed by atoms with E-state index < -0.39 is 0 Å². The Labute approximate surface area is 120 Å². The summed E-state index contributed by atoms with van der Waals surface area (Å²) in [6, 6.07) is 15.3. The molecule has 0 saturated heterocycles. The third kappa shape index (κ3) is 2.34. The first-order chi connectivity index (χ1) is 9.65. The lowest BCUT2D eigenvalue weighted by atomic mass is 9.96. The first-order valence-electron chi connectivity index (χ1n) is 7.15. The average Bonchev–Trinajstić information content (AvgIpc) is 2.80. The van der Waals surface area contributed by atoms with Gasteiger partial charge in [0.15, 0.2) is 0 Å². The molecule has 0 spiro atoms. The zero-order valence-corrected chi connectivity index (χ0v) is 12.3. The van der Waals surface area contributed by atoms with E-state index in [1.165, 1.54) is 27.6 Å².